The second kappa shape index (κ2) is 8.16. The van der Waals surface area contributed by atoms with E-state index in [-0.39, 0.29) is 24.9 Å². The van der Waals surface area contributed by atoms with Gasteiger partial charge in [0.1, 0.15) is 0 Å². The van der Waals surface area contributed by atoms with E-state index >= 15 is 0 Å². The molecule has 1 aliphatic rings. The van der Waals surface area contributed by atoms with Gasteiger partial charge in [-0.25, -0.2) is 13.1 Å². The SMILES string of the molecule is CC(C)OC(CNS(C)(=O)=O)COC1CCOCC1. The molecule has 0 spiro atoms. The first-order chi connectivity index (χ1) is 8.87. The third-order valence-corrected chi connectivity index (χ3v) is 3.42. The van der Waals surface area contributed by atoms with E-state index in [1.807, 2.05) is 13.8 Å². The molecule has 0 aromatic heterocycles. The number of nitrogens with one attached hydrogen (secondary N) is 1. The van der Waals surface area contributed by atoms with Gasteiger partial charge in [-0.05, 0) is 26.7 Å². The van der Waals surface area contributed by atoms with Crippen LogP contribution in [-0.2, 0) is 24.2 Å². The van der Waals surface area contributed by atoms with Crippen LogP contribution < -0.4 is 4.72 Å². The smallest absolute Gasteiger partial charge is 0.208 e. The van der Waals surface area contributed by atoms with Crippen molar-refractivity contribution in [3.8, 4) is 0 Å². The molecule has 1 unspecified atom stereocenters. The molecular formula is C12H25NO5S. The molecule has 1 rings (SSSR count). The minimum atomic E-state index is -3.20. The van der Waals surface area contributed by atoms with Crippen molar-refractivity contribution in [3.63, 3.8) is 0 Å². The van der Waals surface area contributed by atoms with Crippen molar-refractivity contribution in [2.24, 2.45) is 0 Å². The summed E-state index contributed by atoms with van der Waals surface area (Å²) in [7, 11) is -3.20. The first kappa shape index (κ1) is 16.8. The molecule has 0 bridgehead atoms. The zero-order valence-corrected chi connectivity index (χ0v) is 12.7. The zero-order chi connectivity index (χ0) is 14.3. The van der Waals surface area contributed by atoms with E-state index in [2.05, 4.69) is 4.72 Å². The Hall–Kier alpha value is -0.210. The second-order valence-corrected chi connectivity index (χ2v) is 6.91. The van der Waals surface area contributed by atoms with E-state index < -0.39 is 10.0 Å². The monoisotopic (exact) mass is 295 g/mol. The van der Waals surface area contributed by atoms with Crippen LogP contribution in [0.25, 0.3) is 0 Å². The van der Waals surface area contributed by atoms with Crippen molar-refractivity contribution < 1.29 is 22.6 Å². The molecule has 7 heteroatoms. The summed E-state index contributed by atoms with van der Waals surface area (Å²) < 4.78 is 41.3. The van der Waals surface area contributed by atoms with Crippen molar-refractivity contribution in [1.82, 2.24) is 4.72 Å². The third kappa shape index (κ3) is 8.54. The lowest BCUT2D eigenvalue weighted by Gasteiger charge is -2.26. The van der Waals surface area contributed by atoms with Crippen molar-refractivity contribution in [1.29, 1.82) is 0 Å². The predicted molar refractivity (Wildman–Crippen MR) is 72.6 cm³/mol. The van der Waals surface area contributed by atoms with Crippen LogP contribution in [-0.4, -0.2) is 59.4 Å². The lowest BCUT2D eigenvalue weighted by molar-refractivity contribution is -0.0865. The number of hydrogen-bond acceptors (Lipinski definition) is 5. The average Bonchev–Trinajstić information content (AvgIpc) is 2.32. The number of hydrogen-bond donors (Lipinski definition) is 1. The molecule has 1 atom stereocenters. The van der Waals surface area contributed by atoms with Crippen LogP contribution in [0.5, 0.6) is 0 Å². The zero-order valence-electron chi connectivity index (χ0n) is 11.9. The molecule has 0 amide bonds. The Labute approximate surface area is 115 Å². The van der Waals surface area contributed by atoms with E-state index in [0.29, 0.717) is 6.61 Å². The number of rotatable bonds is 8. The molecule has 1 N–H and O–H groups in total. The Balaban J connectivity index is 2.35. The fraction of sp³-hybridized carbons (Fsp3) is 1.00. The van der Waals surface area contributed by atoms with Gasteiger partial charge in [-0.1, -0.05) is 0 Å². The topological polar surface area (TPSA) is 73.9 Å². The van der Waals surface area contributed by atoms with Crippen molar-refractivity contribution in [2.75, 3.05) is 32.6 Å². The number of sulfonamides is 1. The van der Waals surface area contributed by atoms with Crippen molar-refractivity contribution in [2.45, 2.75) is 45.0 Å². The maximum absolute atomic E-state index is 11.1. The summed E-state index contributed by atoms with van der Waals surface area (Å²) in [6, 6.07) is 0. The van der Waals surface area contributed by atoms with E-state index in [1.165, 1.54) is 0 Å². The Bertz CT molecular complexity index is 338. The van der Waals surface area contributed by atoms with E-state index in [9.17, 15) is 8.42 Å². The normalized spacial score (nSPS) is 19.8. The van der Waals surface area contributed by atoms with Gasteiger partial charge < -0.3 is 14.2 Å². The Morgan fingerprint density at radius 1 is 1.32 bits per heavy atom. The lowest BCUT2D eigenvalue weighted by atomic mass is 10.1. The van der Waals surface area contributed by atoms with Crippen LogP contribution in [0.2, 0.25) is 0 Å². The molecule has 1 aliphatic heterocycles. The summed E-state index contributed by atoms with van der Waals surface area (Å²) in [6.45, 7) is 5.92. The molecule has 1 fully saturated rings. The summed E-state index contributed by atoms with van der Waals surface area (Å²) in [5.41, 5.74) is 0. The predicted octanol–water partition coefficient (Wildman–Crippen LogP) is 0.525. The Morgan fingerprint density at radius 3 is 2.47 bits per heavy atom. The van der Waals surface area contributed by atoms with E-state index in [1.54, 1.807) is 0 Å². The maximum Gasteiger partial charge on any atom is 0.208 e. The van der Waals surface area contributed by atoms with Gasteiger partial charge in [-0.2, -0.15) is 0 Å². The fourth-order valence-electron chi connectivity index (χ4n) is 1.86. The molecular weight excluding hydrogens is 270 g/mol. The highest BCUT2D eigenvalue weighted by Crippen LogP contribution is 2.11. The maximum atomic E-state index is 11.1. The molecule has 0 aromatic rings. The van der Waals surface area contributed by atoms with Crippen LogP contribution in [0.1, 0.15) is 26.7 Å². The Morgan fingerprint density at radius 2 is 1.95 bits per heavy atom. The van der Waals surface area contributed by atoms with Gasteiger partial charge in [-0.15, -0.1) is 0 Å². The van der Waals surface area contributed by atoms with E-state index in [0.717, 1.165) is 32.3 Å². The Kier molecular flexibility index (Phi) is 7.23. The molecule has 0 aromatic carbocycles. The van der Waals surface area contributed by atoms with Crippen LogP contribution >= 0.6 is 0 Å². The number of ether oxygens (including phenoxy) is 3. The fourth-order valence-corrected chi connectivity index (χ4v) is 2.35. The standard InChI is InChI=1S/C12H25NO5S/c1-10(2)18-12(8-13-19(3,14)15)9-17-11-4-6-16-7-5-11/h10-13H,4-9H2,1-3H3. The second-order valence-electron chi connectivity index (χ2n) is 5.07. The van der Waals surface area contributed by atoms with Gasteiger partial charge in [0.25, 0.3) is 0 Å². The summed E-state index contributed by atoms with van der Waals surface area (Å²) >= 11 is 0. The van der Waals surface area contributed by atoms with Gasteiger partial charge in [-0.3, -0.25) is 0 Å². The summed E-state index contributed by atoms with van der Waals surface area (Å²) in [6.07, 6.45) is 2.85. The summed E-state index contributed by atoms with van der Waals surface area (Å²) in [5, 5.41) is 0. The van der Waals surface area contributed by atoms with Crippen molar-refractivity contribution >= 4 is 10.0 Å². The minimum absolute atomic E-state index is 0.0321. The highest BCUT2D eigenvalue weighted by molar-refractivity contribution is 7.88. The van der Waals surface area contributed by atoms with Gasteiger partial charge in [0.05, 0.1) is 31.2 Å². The quantitative estimate of drug-likeness (QED) is 0.707. The first-order valence-corrected chi connectivity index (χ1v) is 8.55. The average molecular weight is 295 g/mol. The molecule has 1 saturated heterocycles. The lowest BCUT2D eigenvalue weighted by Crippen LogP contribution is -2.38. The largest absolute Gasteiger partial charge is 0.381 e. The van der Waals surface area contributed by atoms with Crippen LogP contribution in [0, 0.1) is 0 Å². The van der Waals surface area contributed by atoms with Gasteiger partial charge in [0, 0.05) is 19.8 Å². The first-order valence-electron chi connectivity index (χ1n) is 6.66. The molecule has 1 heterocycles. The van der Waals surface area contributed by atoms with Crippen LogP contribution in [0.3, 0.4) is 0 Å². The highest BCUT2D eigenvalue weighted by Gasteiger charge is 2.19. The van der Waals surface area contributed by atoms with Crippen molar-refractivity contribution in [3.05, 3.63) is 0 Å². The van der Waals surface area contributed by atoms with Gasteiger partial charge >= 0.3 is 0 Å². The minimum Gasteiger partial charge on any atom is -0.381 e. The van der Waals surface area contributed by atoms with Gasteiger partial charge in [0.2, 0.25) is 10.0 Å². The van der Waals surface area contributed by atoms with Gasteiger partial charge in [0.15, 0.2) is 0 Å². The summed E-state index contributed by atoms with van der Waals surface area (Å²) in [5.74, 6) is 0. The van der Waals surface area contributed by atoms with E-state index in [4.69, 9.17) is 14.2 Å². The third-order valence-electron chi connectivity index (χ3n) is 2.72. The molecule has 0 radical (unpaired) electrons. The molecule has 0 saturated carbocycles. The summed E-state index contributed by atoms with van der Waals surface area (Å²) in [4.78, 5) is 0. The molecule has 114 valence electrons. The molecule has 6 nitrogen and oxygen atoms in total. The molecule has 19 heavy (non-hydrogen) atoms. The van der Waals surface area contributed by atoms with Crippen LogP contribution in [0.15, 0.2) is 0 Å². The highest BCUT2D eigenvalue weighted by atomic mass is 32.2. The molecule has 0 aliphatic carbocycles. The van der Waals surface area contributed by atoms with Crippen LogP contribution in [0.4, 0.5) is 0 Å².